The Morgan fingerprint density at radius 3 is 2.60 bits per heavy atom. The van der Waals surface area contributed by atoms with Crippen LogP contribution in [0.25, 0.3) is 0 Å². The summed E-state index contributed by atoms with van der Waals surface area (Å²) in [5.41, 5.74) is 0. The van der Waals surface area contributed by atoms with E-state index in [1.807, 2.05) is 0 Å². The maximum atomic E-state index is 11.4. The highest BCUT2D eigenvalue weighted by atomic mass is 16.7. The van der Waals surface area contributed by atoms with Crippen molar-refractivity contribution < 1.29 is 14.3 Å². The van der Waals surface area contributed by atoms with E-state index in [-0.39, 0.29) is 18.7 Å². The van der Waals surface area contributed by atoms with Crippen molar-refractivity contribution in [2.45, 2.75) is 45.6 Å². The lowest BCUT2D eigenvalue weighted by atomic mass is 9.95. The third-order valence-corrected chi connectivity index (χ3v) is 3.01. The normalized spacial score (nSPS) is 19.9. The highest BCUT2D eigenvalue weighted by molar-refractivity contribution is 5.80. The minimum Gasteiger partial charge on any atom is -0.359 e. The van der Waals surface area contributed by atoms with E-state index in [4.69, 9.17) is 9.47 Å². The van der Waals surface area contributed by atoms with Crippen LogP contribution in [0.2, 0.25) is 0 Å². The molecule has 1 fully saturated rings. The van der Waals surface area contributed by atoms with E-state index in [1.165, 1.54) is 19.3 Å². The molecule has 1 rings (SSSR count). The summed E-state index contributed by atoms with van der Waals surface area (Å²) in [6.07, 6.45) is 4.77. The summed E-state index contributed by atoms with van der Waals surface area (Å²) in [6.45, 7) is 3.88. The number of Topliss-reactive ketones (excluding diaryl/α,β-unsaturated/α-hetero) is 1. The van der Waals surface area contributed by atoms with E-state index in [0.717, 1.165) is 12.3 Å². The van der Waals surface area contributed by atoms with Crippen LogP contribution in [-0.4, -0.2) is 25.8 Å². The molecule has 0 aromatic carbocycles. The van der Waals surface area contributed by atoms with Gasteiger partial charge in [-0.15, -0.1) is 0 Å². The topological polar surface area (TPSA) is 35.5 Å². The van der Waals surface area contributed by atoms with Crippen molar-refractivity contribution in [3.05, 3.63) is 0 Å². The van der Waals surface area contributed by atoms with E-state index in [0.29, 0.717) is 5.92 Å². The van der Waals surface area contributed by atoms with Gasteiger partial charge in [-0.25, -0.2) is 0 Å². The van der Waals surface area contributed by atoms with Crippen molar-refractivity contribution in [1.29, 1.82) is 0 Å². The molecule has 3 heteroatoms. The maximum absolute atomic E-state index is 11.4. The summed E-state index contributed by atoms with van der Waals surface area (Å²) in [7, 11) is 1.58. The van der Waals surface area contributed by atoms with E-state index < -0.39 is 0 Å². The molecule has 0 aliphatic heterocycles. The van der Waals surface area contributed by atoms with Crippen molar-refractivity contribution in [2.24, 2.45) is 11.8 Å². The molecule has 0 amide bonds. The second-order valence-corrected chi connectivity index (χ2v) is 4.60. The Hall–Kier alpha value is -0.410. The Labute approximate surface area is 92.1 Å². The lowest BCUT2D eigenvalue weighted by molar-refractivity contribution is -0.143. The molecule has 0 N–H and O–H groups in total. The molecule has 1 saturated carbocycles. The highest BCUT2D eigenvalue weighted by Crippen LogP contribution is 2.35. The molecule has 2 atom stereocenters. The van der Waals surface area contributed by atoms with Gasteiger partial charge in [-0.1, -0.05) is 26.2 Å². The molecule has 1 aliphatic carbocycles. The average Bonchev–Trinajstić information content (AvgIpc) is 2.98. The zero-order chi connectivity index (χ0) is 11.3. The van der Waals surface area contributed by atoms with Gasteiger partial charge in [0.15, 0.2) is 5.78 Å². The Balaban J connectivity index is 2.27. The summed E-state index contributed by atoms with van der Waals surface area (Å²) in [6, 6.07) is 0. The van der Waals surface area contributed by atoms with Crippen LogP contribution in [0, 0.1) is 11.8 Å². The first-order valence-corrected chi connectivity index (χ1v) is 5.76. The minimum absolute atomic E-state index is 0.107. The monoisotopic (exact) mass is 214 g/mol. The third-order valence-electron chi connectivity index (χ3n) is 3.01. The quantitative estimate of drug-likeness (QED) is 0.582. The molecule has 0 bridgehead atoms. The van der Waals surface area contributed by atoms with E-state index in [9.17, 15) is 4.79 Å². The van der Waals surface area contributed by atoms with E-state index in [2.05, 4.69) is 6.92 Å². The van der Waals surface area contributed by atoms with Gasteiger partial charge in [-0.2, -0.15) is 0 Å². The van der Waals surface area contributed by atoms with Gasteiger partial charge in [0.25, 0.3) is 0 Å². The van der Waals surface area contributed by atoms with Crippen molar-refractivity contribution in [1.82, 2.24) is 0 Å². The molecule has 88 valence electrons. The molecule has 0 heterocycles. The van der Waals surface area contributed by atoms with Gasteiger partial charge in [-0.3, -0.25) is 4.79 Å². The lowest BCUT2D eigenvalue weighted by Crippen LogP contribution is -2.30. The van der Waals surface area contributed by atoms with Crippen LogP contribution in [-0.2, 0) is 14.3 Å². The second-order valence-electron chi connectivity index (χ2n) is 4.60. The molecule has 3 nitrogen and oxygen atoms in total. The molecule has 0 aromatic heterocycles. The maximum Gasteiger partial charge on any atom is 0.158 e. The standard InChI is InChI=1S/C12H22O3/c1-9(4-5-11-6-7-11)12(10(2)13)15-8-14-3/h9,11-12H,4-8H2,1-3H3. The number of rotatable bonds is 8. The van der Waals surface area contributed by atoms with E-state index >= 15 is 0 Å². The molecule has 1 aliphatic rings. The van der Waals surface area contributed by atoms with Crippen LogP contribution in [0.4, 0.5) is 0 Å². The van der Waals surface area contributed by atoms with Crippen LogP contribution >= 0.6 is 0 Å². The second kappa shape index (κ2) is 6.23. The first kappa shape index (κ1) is 12.7. The Morgan fingerprint density at radius 2 is 2.13 bits per heavy atom. The molecule has 0 saturated heterocycles. The fraction of sp³-hybridized carbons (Fsp3) is 0.917. The fourth-order valence-electron chi connectivity index (χ4n) is 1.88. The van der Waals surface area contributed by atoms with Crippen LogP contribution in [0.3, 0.4) is 0 Å². The predicted molar refractivity (Wildman–Crippen MR) is 58.6 cm³/mol. The number of carbonyl (C=O) groups excluding carboxylic acids is 1. The van der Waals surface area contributed by atoms with Crippen LogP contribution < -0.4 is 0 Å². The fourth-order valence-corrected chi connectivity index (χ4v) is 1.88. The molecule has 0 spiro atoms. The zero-order valence-corrected chi connectivity index (χ0v) is 9.99. The molecule has 2 unspecified atom stereocenters. The van der Waals surface area contributed by atoms with Crippen molar-refractivity contribution in [2.75, 3.05) is 13.9 Å². The van der Waals surface area contributed by atoms with Crippen LogP contribution in [0.5, 0.6) is 0 Å². The zero-order valence-electron chi connectivity index (χ0n) is 9.99. The van der Waals surface area contributed by atoms with Crippen molar-refractivity contribution in [3.63, 3.8) is 0 Å². The number of ketones is 1. The molecular formula is C12H22O3. The van der Waals surface area contributed by atoms with Crippen molar-refractivity contribution >= 4 is 5.78 Å². The molecule has 0 aromatic rings. The smallest absolute Gasteiger partial charge is 0.158 e. The Bertz CT molecular complexity index is 199. The summed E-state index contributed by atoms with van der Waals surface area (Å²) in [5.74, 6) is 1.33. The molecule has 15 heavy (non-hydrogen) atoms. The van der Waals surface area contributed by atoms with Gasteiger partial charge < -0.3 is 9.47 Å². The van der Waals surface area contributed by atoms with Gasteiger partial charge >= 0.3 is 0 Å². The summed E-state index contributed by atoms with van der Waals surface area (Å²) >= 11 is 0. The van der Waals surface area contributed by atoms with Gasteiger partial charge in [-0.05, 0) is 25.2 Å². The minimum atomic E-state index is -0.288. The highest BCUT2D eigenvalue weighted by Gasteiger charge is 2.26. The Morgan fingerprint density at radius 1 is 1.47 bits per heavy atom. The first-order chi connectivity index (χ1) is 7.15. The van der Waals surface area contributed by atoms with Gasteiger partial charge in [0.2, 0.25) is 0 Å². The summed E-state index contributed by atoms with van der Waals surface area (Å²) in [4.78, 5) is 11.4. The summed E-state index contributed by atoms with van der Waals surface area (Å²) in [5, 5.41) is 0. The van der Waals surface area contributed by atoms with Gasteiger partial charge in [0.05, 0.1) is 0 Å². The van der Waals surface area contributed by atoms with Crippen LogP contribution in [0.15, 0.2) is 0 Å². The van der Waals surface area contributed by atoms with Crippen LogP contribution in [0.1, 0.15) is 39.5 Å². The lowest BCUT2D eigenvalue weighted by Gasteiger charge is -2.21. The van der Waals surface area contributed by atoms with Crippen molar-refractivity contribution in [3.8, 4) is 0 Å². The van der Waals surface area contributed by atoms with Gasteiger partial charge in [0, 0.05) is 7.11 Å². The first-order valence-electron chi connectivity index (χ1n) is 5.76. The number of hydrogen-bond donors (Lipinski definition) is 0. The number of methoxy groups -OCH3 is 1. The number of hydrogen-bond acceptors (Lipinski definition) is 3. The average molecular weight is 214 g/mol. The SMILES string of the molecule is COCOC(C(C)=O)C(C)CCC1CC1. The van der Waals surface area contributed by atoms with E-state index in [1.54, 1.807) is 14.0 Å². The predicted octanol–water partition coefficient (Wildman–Crippen LogP) is 2.39. The molecule has 0 radical (unpaired) electrons. The number of carbonyl (C=O) groups is 1. The Kier molecular flexibility index (Phi) is 5.26. The number of ether oxygens (including phenoxy) is 2. The summed E-state index contributed by atoms with van der Waals surface area (Å²) < 4.78 is 10.2. The van der Waals surface area contributed by atoms with Gasteiger partial charge in [0.1, 0.15) is 12.9 Å². The molecular weight excluding hydrogens is 192 g/mol. The third kappa shape index (κ3) is 4.76. The largest absolute Gasteiger partial charge is 0.359 e.